The molecule has 4 nitrogen and oxygen atoms in total. The molecular formula is C33H40N2O2S. The largest absolute Gasteiger partial charge is 0.318 e. The highest BCUT2D eigenvalue weighted by atomic mass is 32.2. The predicted octanol–water partition coefficient (Wildman–Crippen LogP) is 8.18. The molecule has 1 aromatic carbocycles. The van der Waals surface area contributed by atoms with Crippen LogP contribution < -0.4 is 0 Å². The summed E-state index contributed by atoms with van der Waals surface area (Å²) < 4.78 is 2.29. The van der Waals surface area contributed by atoms with Crippen molar-refractivity contribution in [2.75, 3.05) is 6.54 Å². The van der Waals surface area contributed by atoms with E-state index in [1.54, 1.807) is 5.56 Å². The van der Waals surface area contributed by atoms with E-state index in [9.17, 15) is 9.59 Å². The molecule has 6 fully saturated rings. The third-order valence-corrected chi connectivity index (χ3v) is 11.5. The van der Waals surface area contributed by atoms with Crippen molar-refractivity contribution in [3.63, 3.8) is 0 Å². The third-order valence-electron chi connectivity index (χ3n) is 10.6. The van der Waals surface area contributed by atoms with Gasteiger partial charge >= 0.3 is 0 Å². The first kappa shape index (κ1) is 24.7. The molecule has 0 atom stereocenters. The van der Waals surface area contributed by atoms with Crippen molar-refractivity contribution in [1.29, 1.82) is 0 Å². The predicted molar refractivity (Wildman–Crippen MR) is 154 cm³/mol. The number of carbonyl (C=O) groups is 2. The zero-order valence-electron chi connectivity index (χ0n) is 22.9. The highest BCUT2D eigenvalue weighted by Gasteiger charge is 2.51. The molecule has 1 aliphatic heterocycles. The minimum atomic E-state index is -0.115. The van der Waals surface area contributed by atoms with Crippen LogP contribution in [0.15, 0.2) is 35.2 Å². The molecule has 2 heterocycles. The van der Waals surface area contributed by atoms with Crippen LogP contribution in [0.2, 0.25) is 0 Å². The molecule has 0 N–H and O–H groups in total. The smallest absolute Gasteiger partial charge is 0.293 e. The van der Waals surface area contributed by atoms with Crippen molar-refractivity contribution in [2.24, 2.45) is 23.7 Å². The molecule has 200 valence electrons. The molecule has 38 heavy (non-hydrogen) atoms. The SMILES string of the molecule is Cc1cc(/C=C2/SC(=O)N(CC3CCCCC3)C2=O)c(C)n1-c1ccc(C23CC4CC(CC(C4)C2)C3)cc1. The number of thioether (sulfide) groups is 1. The lowest BCUT2D eigenvalue weighted by Crippen LogP contribution is -2.48. The van der Waals surface area contributed by atoms with Crippen LogP contribution in [-0.4, -0.2) is 27.2 Å². The number of imide groups is 1. The number of amides is 2. The molecule has 2 aromatic rings. The maximum absolute atomic E-state index is 13.2. The number of aromatic nitrogens is 1. The Kier molecular flexibility index (Phi) is 6.14. The molecule has 5 heteroatoms. The lowest BCUT2D eigenvalue weighted by Gasteiger charge is -2.57. The number of nitrogens with zero attached hydrogens (tertiary/aromatic N) is 2. The Morgan fingerprint density at radius 1 is 0.921 bits per heavy atom. The Bertz CT molecular complexity index is 1260. The summed E-state index contributed by atoms with van der Waals surface area (Å²) in [7, 11) is 0. The lowest BCUT2D eigenvalue weighted by molar-refractivity contribution is -0.123. The van der Waals surface area contributed by atoms with Gasteiger partial charge in [0.2, 0.25) is 0 Å². The van der Waals surface area contributed by atoms with Crippen LogP contribution in [0.25, 0.3) is 11.8 Å². The third kappa shape index (κ3) is 4.20. The van der Waals surface area contributed by atoms with Crippen molar-refractivity contribution in [1.82, 2.24) is 9.47 Å². The average molecular weight is 529 g/mol. The van der Waals surface area contributed by atoms with Gasteiger partial charge in [-0.2, -0.15) is 0 Å². The van der Waals surface area contributed by atoms with E-state index in [1.807, 2.05) is 6.08 Å². The van der Waals surface area contributed by atoms with E-state index in [-0.39, 0.29) is 11.1 Å². The fraction of sp³-hybridized carbons (Fsp3) is 0.576. The van der Waals surface area contributed by atoms with Gasteiger partial charge in [-0.25, -0.2) is 0 Å². The van der Waals surface area contributed by atoms with Gasteiger partial charge in [0.25, 0.3) is 11.1 Å². The first-order valence-electron chi connectivity index (χ1n) is 14.9. The van der Waals surface area contributed by atoms with E-state index >= 15 is 0 Å². The summed E-state index contributed by atoms with van der Waals surface area (Å²) in [6.45, 7) is 4.83. The topological polar surface area (TPSA) is 42.3 Å². The van der Waals surface area contributed by atoms with E-state index in [4.69, 9.17) is 0 Å². The van der Waals surface area contributed by atoms with Gasteiger partial charge in [0.05, 0.1) is 4.91 Å². The molecule has 5 saturated carbocycles. The number of hydrogen-bond donors (Lipinski definition) is 0. The first-order valence-corrected chi connectivity index (χ1v) is 15.8. The van der Waals surface area contributed by atoms with E-state index in [1.165, 1.54) is 68.4 Å². The van der Waals surface area contributed by atoms with Crippen LogP contribution in [0.5, 0.6) is 0 Å². The van der Waals surface area contributed by atoms with Crippen molar-refractivity contribution in [2.45, 2.75) is 89.9 Å². The standard InChI is InChI=1S/C33H40N2O2S/c1-21-12-27(16-30-31(36)34(32(37)38-30)20-23-6-4-3-5-7-23)22(2)35(21)29-10-8-28(9-11-29)33-17-24-13-25(18-33)15-26(14-24)19-33/h8-12,16,23-26H,3-7,13-15,17-20H2,1-2H3/b30-16+. The van der Waals surface area contributed by atoms with Crippen LogP contribution in [0, 0.1) is 37.5 Å². The van der Waals surface area contributed by atoms with Gasteiger partial charge in [0.1, 0.15) is 0 Å². The Morgan fingerprint density at radius 3 is 2.18 bits per heavy atom. The van der Waals surface area contributed by atoms with Crippen LogP contribution >= 0.6 is 11.8 Å². The van der Waals surface area contributed by atoms with Crippen LogP contribution in [0.1, 0.15) is 93.1 Å². The molecule has 8 rings (SSSR count). The number of carbonyl (C=O) groups excluding carboxylic acids is 2. The summed E-state index contributed by atoms with van der Waals surface area (Å²) in [5.41, 5.74) is 6.44. The molecule has 0 radical (unpaired) electrons. The molecule has 6 aliphatic rings. The van der Waals surface area contributed by atoms with E-state index in [0.717, 1.165) is 59.3 Å². The summed E-state index contributed by atoms with van der Waals surface area (Å²) in [6.07, 6.45) is 16.5. The minimum Gasteiger partial charge on any atom is -0.318 e. The monoisotopic (exact) mass is 528 g/mol. The zero-order valence-corrected chi connectivity index (χ0v) is 23.7. The molecule has 1 aromatic heterocycles. The number of rotatable bonds is 5. The molecule has 2 amide bonds. The molecule has 1 saturated heterocycles. The summed E-state index contributed by atoms with van der Waals surface area (Å²) in [4.78, 5) is 28.0. The van der Waals surface area contributed by atoms with Gasteiger partial charge in [0.15, 0.2) is 0 Å². The van der Waals surface area contributed by atoms with E-state index in [0.29, 0.717) is 22.8 Å². The minimum absolute atomic E-state index is 0.110. The summed E-state index contributed by atoms with van der Waals surface area (Å²) in [5.74, 6) is 3.20. The molecule has 4 bridgehead atoms. The summed E-state index contributed by atoms with van der Waals surface area (Å²) in [5, 5.41) is -0.110. The highest BCUT2D eigenvalue weighted by Crippen LogP contribution is 2.60. The second kappa shape index (κ2) is 9.43. The van der Waals surface area contributed by atoms with Crippen molar-refractivity contribution in [3.8, 4) is 5.69 Å². The Hall–Kier alpha value is -2.27. The van der Waals surface area contributed by atoms with Gasteiger partial charge in [0, 0.05) is 23.6 Å². The Balaban J connectivity index is 1.12. The molecule has 0 unspecified atom stereocenters. The molecule has 5 aliphatic carbocycles. The Labute approximate surface area is 231 Å². The number of hydrogen-bond acceptors (Lipinski definition) is 3. The lowest BCUT2D eigenvalue weighted by atomic mass is 9.48. The number of benzene rings is 1. The molecular weight excluding hydrogens is 488 g/mol. The van der Waals surface area contributed by atoms with Crippen LogP contribution in [0.3, 0.4) is 0 Å². The van der Waals surface area contributed by atoms with Crippen molar-refractivity contribution in [3.05, 3.63) is 57.8 Å². The van der Waals surface area contributed by atoms with Crippen molar-refractivity contribution < 1.29 is 9.59 Å². The summed E-state index contributed by atoms with van der Waals surface area (Å²) in [6, 6.07) is 11.6. The highest BCUT2D eigenvalue weighted by molar-refractivity contribution is 8.18. The number of aryl methyl sites for hydroxylation is 1. The maximum atomic E-state index is 13.2. The fourth-order valence-corrected chi connectivity index (χ4v) is 10.0. The Morgan fingerprint density at radius 2 is 1.55 bits per heavy atom. The van der Waals surface area contributed by atoms with Crippen molar-refractivity contribution >= 4 is 29.0 Å². The second-order valence-electron chi connectivity index (χ2n) is 13.2. The summed E-state index contributed by atoms with van der Waals surface area (Å²) >= 11 is 1.10. The van der Waals surface area contributed by atoms with Gasteiger partial charge in [-0.1, -0.05) is 31.4 Å². The maximum Gasteiger partial charge on any atom is 0.293 e. The van der Waals surface area contributed by atoms with Crippen LogP contribution in [0.4, 0.5) is 4.79 Å². The van der Waals surface area contributed by atoms with Crippen LogP contribution in [-0.2, 0) is 10.2 Å². The fourth-order valence-electron chi connectivity index (χ4n) is 9.19. The normalized spacial score (nSPS) is 32.2. The van der Waals surface area contributed by atoms with Gasteiger partial charge in [-0.05, 0) is 141 Å². The van der Waals surface area contributed by atoms with Gasteiger partial charge in [-0.3, -0.25) is 14.5 Å². The first-order chi connectivity index (χ1) is 18.4. The zero-order chi connectivity index (χ0) is 26.0. The van der Waals surface area contributed by atoms with E-state index < -0.39 is 0 Å². The molecule has 0 spiro atoms. The van der Waals surface area contributed by atoms with Gasteiger partial charge < -0.3 is 4.57 Å². The average Bonchev–Trinajstić information content (AvgIpc) is 3.32. The quantitative estimate of drug-likeness (QED) is 0.368. The van der Waals surface area contributed by atoms with E-state index in [2.05, 4.69) is 48.7 Å². The second-order valence-corrected chi connectivity index (χ2v) is 14.2. The van der Waals surface area contributed by atoms with Gasteiger partial charge in [-0.15, -0.1) is 0 Å².